The van der Waals surface area contributed by atoms with Gasteiger partial charge in [-0.25, -0.2) is 0 Å². The van der Waals surface area contributed by atoms with Gasteiger partial charge in [0, 0.05) is 22.3 Å². The summed E-state index contributed by atoms with van der Waals surface area (Å²) < 4.78 is 10.7. The van der Waals surface area contributed by atoms with Gasteiger partial charge in [0.1, 0.15) is 0 Å². The van der Waals surface area contributed by atoms with Crippen LogP contribution in [0, 0.1) is 0 Å². The number of carbonyl (C=O) groups excluding carboxylic acids is 1. The van der Waals surface area contributed by atoms with Crippen molar-refractivity contribution in [3.05, 3.63) is 48.0 Å². The predicted octanol–water partition coefficient (Wildman–Crippen LogP) is 3.95. The lowest BCUT2D eigenvalue weighted by Crippen LogP contribution is -2.32. The van der Waals surface area contributed by atoms with Gasteiger partial charge >= 0.3 is 0 Å². The van der Waals surface area contributed by atoms with Crippen molar-refractivity contribution in [2.24, 2.45) is 0 Å². The van der Waals surface area contributed by atoms with Crippen molar-refractivity contribution in [2.75, 3.05) is 18.2 Å². The fourth-order valence-corrected chi connectivity index (χ4v) is 4.00. The molecule has 0 aliphatic carbocycles. The highest BCUT2D eigenvalue weighted by atomic mass is 32.2. The molecule has 1 unspecified atom stereocenters. The molecule has 0 fully saturated rings. The zero-order valence-electron chi connectivity index (χ0n) is 12.8. The van der Waals surface area contributed by atoms with Crippen LogP contribution < -0.4 is 14.4 Å². The average Bonchev–Trinajstić information content (AvgIpc) is 2.96. The van der Waals surface area contributed by atoms with Gasteiger partial charge in [-0.1, -0.05) is 19.1 Å². The predicted molar refractivity (Wildman–Crippen MR) is 90.6 cm³/mol. The molecule has 0 N–H and O–H groups in total. The highest BCUT2D eigenvalue weighted by Gasteiger charge is 2.26. The molecule has 4 nitrogen and oxygen atoms in total. The van der Waals surface area contributed by atoms with E-state index in [1.807, 2.05) is 34.9 Å². The van der Waals surface area contributed by atoms with Crippen molar-refractivity contribution in [2.45, 2.75) is 23.5 Å². The molecule has 4 rings (SSSR count). The van der Waals surface area contributed by atoms with Crippen LogP contribution in [0.1, 0.15) is 23.7 Å². The zero-order valence-corrected chi connectivity index (χ0v) is 13.6. The van der Waals surface area contributed by atoms with Crippen LogP contribution >= 0.6 is 11.8 Å². The summed E-state index contributed by atoms with van der Waals surface area (Å²) in [4.78, 5) is 16.1. The van der Waals surface area contributed by atoms with Gasteiger partial charge < -0.3 is 14.4 Å². The summed E-state index contributed by atoms with van der Waals surface area (Å²) in [5.41, 5.74) is 1.62. The van der Waals surface area contributed by atoms with E-state index in [0.29, 0.717) is 22.3 Å². The van der Waals surface area contributed by atoms with E-state index in [0.717, 1.165) is 23.5 Å². The Morgan fingerprint density at radius 2 is 2.00 bits per heavy atom. The second-order valence-electron chi connectivity index (χ2n) is 5.71. The van der Waals surface area contributed by atoms with Crippen molar-refractivity contribution < 1.29 is 14.3 Å². The Balaban J connectivity index is 1.70. The Labute approximate surface area is 139 Å². The number of para-hydroxylation sites is 1. The molecule has 118 valence electrons. The topological polar surface area (TPSA) is 38.8 Å². The summed E-state index contributed by atoms with van der Waals surface area (Å²) in [6.07, 6.45) is 0.968. The second kappa shape index (κ2) is 5.81. The SMILES string of the molecule is CC1CCN(C(=O)c2ccc3c(c2)OCO3)c2ccccc2S1. The minimum atomic E-state index is 0.00505. The first-order chi connectivity index (χ1) is 11.2. The first-order valence-electron chi connectivity index (χ1n) is 7.69. The van der Waals surface area contributed by atoms with Crippen molar-refractivity contribution in [3.63, 3.8) is 0 Å². The van der Waals surface area contributed by atoms with Crippen LogP contribution in [0.25, 0.3) is 0 Å². The number of rotatable bonds is 1. The number of thioether (sulfide) groups is 1. The zero-order chi connectivity index (χ0) is 15.8. The number of ether oxygens (including phenoxy) is 2. The van der Waals surface area contributed by atoms with E-state index < -0.39 is 0 Å². The van der Waals surface area contributed by atoms with Gasteiger partial charge in [-0.15, -0.1) is 11.8 Å². The lowest BCUT2D eigenvalue weighted by atomic mass is 10.1. The first kappa shape index (κ1) is 14.5. The number of hydrogen-bond donors (Lipinski definition) is 0. The summed E-state index contributed by atoms with van der Waals surface area (Å²) >= 11 is 1.83. The van der Waals surface area contributed by atoms with Crippen LogP contribution in [-0.2, 0) is 0 Å². The van der Waals surface area contributed by atoms with Gasteiger partial charge in [0.15, 0.2) is 11.5 Å². The Bertz CT molecular complexity index is 762. The monoisotopic (exact) mass is 327 g/mol. The Morgan fingerprint density at radius 3 is 2.91 bits per heavy atom. The molecule has 2 heterocycles. The largest absolute Gasteiger partial charge is 0.454 e. The summed E-state index contributed by atoms with van der Waals surface area (Å²) in [5, 5.41) is 0.491. The lowest BCUT2D eigenvalue weighted by Gasteiger charge is -2.22. The maximum absolute atomic E-state index is 13.0. The van der Waals surface area contributed by atoms with E-state index >= 15 is 0 Å². The van der Waals surface area contributed by atoms with E-state index in [1.54, 1.807) is 18.2 Å². The average molecular weight is 327 g/mol. The number of amides is 1. The lowest BCUT2D eigenvalue weighted by molar-refractivity contribution is 0.0986. The molecule has 2 aromatic carbocycles. The number of benzene rings is 2. The Hall–Kier alpha value is -2.14. The highest BCUT2D eigenvalue weighted by molar-refractivity contribution is 8.00. The third kappa shape index (κ3) is 2.65. The van der Waals surface area contributed by atoms with Gasteiger partial charge in [-0.3, -0.25) is 4.79 Å². The molecule has 5 heteroatoms. The fraction of sp³-hybridized carbons (Fsp3) is 0.278. The second-order valence-corrected chi connectivity index (χ2v) is 7.19. The van der Waals surface area contributed by atoms with Gasteiger partial charge in [0.05, 0.1) is 5.69 Å². The van der Waals surface area contributed by atoms with Gasteiger partial charge in [-0.05, 0) is 36.8 Å². The third-order valence-corrected chi connectivity index (χ3v) is 5.35. The molecule has 0 saturated heterocycles. The number of hydrogen-bond acceptors (Lipinski definition) is 4. The molecule has 23 heavy (non-hydrogen) atoms. The maximum atomic E-state index is 13.0. The van der Waals surface area contributed by atoms with Crippen molar-refractivity contribution in [3.8, 4) is 11.5 Å². The van der Waals surface area contributed by atoms with Gasteiger partial charge in [0.2, 0.25) is 6.79 Å². The van der Waals surface area contributed by atoms with Crippen LogP contribution in [0.5, 0.6) is 11.5 Å². The molecular formula is C18H17NO3S. The van der Waals surface area contributed by atoms with E-state index in [9.17, 15) is 4.79 Å². The third-order valence-electron chi connectivity index (χ3n) is 4.11. The minimum absolute atomic E-state index is 0.00505. The molecule has 0 bridgehead atoms. The first-order valence-corrected chi connectivity index (χ1v) is 8.57. The molecule has 2 aliphatic rings. The smallest absolute Gasteiger partial charge is 0.258 e. The minimum Gasteiger partial charge on any atom is -0.454 e. The number of anilines is 1. The molecule has 2 aromatic rings. The summed E-state index contributed by atoms with van der Waals surface area (Å²) in [6.45, 7) is 3.14. The molecule has 1 amide bonds. The number of fused-ring (bicyclic) bond motifs is 2. The molecule has 0 spiro atoms. The number of carbonyl (C=O) groups is 1. The van der Waals surface area contributed by atoms with E-state index in [2.05, 4.69) is 13.0 Å². The Kier molecular flexibility index (Phi) is 3.65. The van der Waals surface area contributed by atoms with Crippen molar-refractivity contribution in [1.29, 1.82) is 0 Å². The molecule has 2 aliphatic heterocycles. The highest BCUT2D eigenvalue weighted by Crippen LogP contribution is 2.39. The van der Waals surface area contributed by atoms with E-state index in [-0.39, 0.29) is 12.7 Å². The molecular weight excluding hydrogens is 310 g/mol. The van der Waals surface area contributed by atoms with Crippen molar-refractivity contribution >= 4 is 23.4 Å². The summed E-state index contributed by atoms with van der Waals surface area (Å²) in [6, 6.07) is 13.5. The van der Waals surface area contributed by atoms with E-state index in [4.69, 9.17) is 9.47 Å². The molecule has 1 atom stereocenters. The quantitative estimate of drug-likeness (QED) is 0.795. The van der Waals surface area contributed by atoms with Crippen LogP contribution in [0.4, 0.5) is 5.69 Å². The maximum Gasteiger partial charge on any atom is 0.258 e. The summed E-state index contributed by atoms with van der Waals surface area (Å²) in [7, 11) is 0. The molecule has 0 radical (unpaired) electrons. The standard InChI is InChI=1S/C18H17NO3S/c1-12-8-9-19(14-4-2-3-5-17(14)23-12)18(20)13-6-7-15-16(10-13)22-11-21-15/h2-7,10,12H,8-9,11H2,1H3. The number of nitrogens with zero attached hydrogens (tertiary/aromatic N) is 1. The van der Waals surface area contributed by atoms with Gasteiger partial charge in [0.25, 0.3) is 5.91 Å². The van der Waals surface area contributed by atoms with Crippen LogP contribution in [0.15, 0.2) is 47.4 Å². The van der Waals surface area contributed by atoms with E-state index in [1.165, 1.54) is 0 Å². The van der Waals surface area contributed by atoms with Gasteiger partial charge in [-0.2, -0.15) is 0 Å². The van der Waals surface area contributed by atoms with Crippen molar-refractivity contribution in [1.82, 2.24) is 0 Å². The fourth-order valence-electron chi connectivity index (χ4n) is 2.88. The summed E-state index contributed by atoms with van der Waals surface area (Å²) in [5.74, 6) is 1.34. The van der Waals surface area contributed by atoms with Crippen LogP contribution in [0.3, 0.4) is 0 Å². The van der Waals surface area contributed by atoms with Crippen LogP contribution in [-0.4, -0.2) is 24.5 Å². The normalized spacial score (nSPS) is 19.2. The van der Waals surface area contributed by atoms with Crippen LogP contribution in [0.2, 0.25) is 0 Å². The Morgan fingerprint density at radius 1 is 1.17 bits per heavy atom. The molecule has 0 aromatic heterocycles. The molecule has 0 saturated carbocycles.